The van der Waals surface area contributed by atoms with Crippen molar-refractivity contribution >= 4 is 33.7 Å². The molecule has 0 saturated carbocycles. The van der Waals surface area contributed by atoms with E-state index in [1.807, 2.05) is 59.8 Å². The number of nitrogens with two attached hydrogens (primary N) is 1. The quantitative estimate of drug-likeness (QED) is 0.337. The van der Waals surface area contributed by atoms with Gasteiger partial charge in [-0.2, -0.15) is 0 Å². The zero-order chi connectivity index (χ0) is 24.9. The Hall–Kier alpha value is -3.45. The number of para-hydroxylation sites is 1. The van der Waals surface area contributed by atoms with Crippen LogP contribution < -0.4 is 5.73 Å². The van der Waals surface area contributed by atoms with Crippen LogP contribution in [0.3, 0.4) is 0 Å². The number of aromatic nitrogens is 3. The molecule has 3 heterocycles. The van der Waals surface area contributed by atoms with Crippen LogP contribution in [-0.2, 0) is 16.0 Å². The van der Waals surface area contributed by atoms with Gasteiger partial charge in [-0.3, -0.25) is 4.79 Å². The maximum Gasteiger partial charge on any atom is 0.226 e. The first kappa shape index (κ1) is 24.3. The van der Waals surface area contributed by atoms with Crippen LogP contribution in [0.2, 0.25) is 0 Å². The largest absolute Gasteiger partial charge is 0.382 e. The van der Waals surface area contributed by atoms with Gasteiger partial charge in [0.25, 0.3) is 0 Å². The van der Waals surface area contributed by atoms with E-state index in [0.717, 1.165) is 72.9 Å². The number of carbonyl (C=O) groups is 1. The number of imidazole rings is 1. The smallest absolute Gasteiger partial charge is 0.226 e. The van der Waals surface area contributed by atoms with Crippen molar-refractivity contribution in [3.8, 4) is 0 Å². The van der Waals surface area contributed by atoms with Crippen molar-refractivity contribution in [2.45, 2.75) is 45.1 Å². The van der Waals surface area contributed by atoms with E-state index >= 15 is 0 Å². The number of fused-ring (bicyclic) bond motifs is 3. The van der Waals surface area contributed by atoms with Gasteiger partial charge in [0.1, 0.15) is 5.52 Å². The Morgan fingerprint density at radius 2 is 1.86 bits per heavy atom. The molecule has 1 atom stereocenters. The summed E-state index contributed by atoms with van der Waals surface area (Å²) in [6.45, 7) is 5.23. The van der Waals surface area contributed by atoms with Crippen LogP contribution in [0.15, 0.2) is 60.9 Å². The number of piperidine rings is 1. The molecule has 2 N–H and O–H groups in total. The monoisotopic (exact) mass is 485 g/mol. The van der Waals surface area contributed by atoms with Gasteiger partial charge in [0, 0.05) is 25.1 Å². The van der Waals surface area contributed by atoms with Crippen molar-refractivity contribution in [1.82, 2.24) is 19.4 Å². The average Bonchev–Trinajstić information content (AvgIpc) is 3.36. The van der Waals surface area contributed by atoms with Crippen molar-refractivity contribution in [2.75, 3.05) is 32.0 Å². The molecule has 7 heteroatoms. The lowest BCUT2D eigenvalue weighted by Gasteiger charge is -2.32. The van der Waals surface area contributed by atoms with Crippen molar-refractivity contribution in [3.05, 3.63) is 66.5 Å². The first-order chi connectivity index (χ1) is 17.6. The molecule has 5 rings (SSSR count). The molecular formula is C29H35N5O2. The third-order valence-corrected chi connectivity index (χ3v) is 7.45. The van der Waals surface area contributed by atoms with E-state index in [1.54, 1.807) is 0 Å². The fourth-order valence-electron chi connectivity index (χ4n) is 5.26. The highest BCUT2D eigenvalue weighted by molar-refractivity contribution is 6.06. The Bertz CT molecular complexity index is 1310. The fraction of sp³-hybridized carbons (Fsp3) is 0.414. The van der Waals surface area contributed by atoms with Crippen LogP contribution in [0.4, 0.5) is 5.82 Å². The molecule has 0 radical (unpaired) electrons. The van der Waals surface area contributed by atoms with Crippen molar-refractivity contribution < 1.29 is 9.53 Å². The Kier molecular flexibility index (Phi) is 7.47. The molecule has 1 aliphatic heterocycles. The van der Waals surface area contributed by atoms with Crippen LogP contribution >= 0.6 is 0 Å². The summed E-state index contributed by atoms with van der Waals surface area (Å²) in [5.41, 5.74) is 9.95. The number of amides is 1. The molecule has 1 fully saturated rings. The number of nitrogens with zero attached hydrogens (tertiary/aromatic N) is 4. The Balaban J connectivity index is 1.12. The Morgan fingerprint density at radius 3 is 2.64 bits per heavy atom. The fourth-order valence-corrected chi connectivity index (χ4v) is 5.26. The standard InChI is InChI=1S/C29H35N5O2/c1-2-23(34-20-31-27-28(34)24-10-6-7-11-25(24)32-29(27)30)19-36-17-14-21-12-15-33(16-13-21)26(35)18-22-8-4-3-5-9-22/h3-11,20-21,23H,2,12-19H2,1H3,(H2,30,32). The second-order valence-corrected chi connectivity index (χ2v) is 9.78. The minimum absolute atomic E-state index is 0.178. The lowest BCUT2D eigenvalue weighted by molar-refractivity contribution is -0.131. The first-order valence-electron chi connectivity index (χ1n) is 13.0. The zero-order valence-corrected chi connectivity index (χ0v) is 21.0. The Morgan fingerprint density at radius 1 is 1.11 bits per heavy atom. The van der Waals surface area contributed by atoms with Crippen LogP contribution in [0, 0.1) is 5.92 Å². The normalized spacial score (nSPS) is 15.5. The van der Waals surface area contributed by atoms with Gasteiger partial charge < -0.3 is 19.9 Å². The van der Waals surface area contributed by atoms with Gasteiger partial charge in [-0.25, -0.2) is 9.97 Å². The SMILES string of the molecule is CCC(COCCC1CCN(C(=O)Cc2ccccc2)CC1)n1cnc2c(N)nc3ccccc3c21. The summed E-state index contributed by atoms with van der Waals surface area (Å²) >= 11 is 0. The topological polar surface area (TPSA) is 86.3 Å². The summed E-state index contributed by atoms with van der Waals surface area (Å²) in [5.74, 6) is 1.30. The molecule has 2 aromatic carbocycles. The van der Waals surface area contributed by atoms with E-state index < -0.39 is 0 Å². The third-order valence-electron chi connectivity index (χ3n) is 7.45. The van der Waals surface area contributed by atoms with E-state index in [9.17, 15) is 4.79 Å². The van der Waals surface area contributed by atoms with Crippen LogP contribution in [-0.4, -0.2) is 51.6 Å². The van der Waals surface area contributed by atoms with Crippen molar-refractivity contribution in [1.29, 1.82) is 0 Å². The maximum absolute atomic E-state index is 12.6. The molecule has 7 nitrogen and oxygen atoms in total. The number of rotatable bonds is 9. The number of ether oxygens (including phenoxy) is 1. The number of hydrogen-bond acceptors (Lipinski definition) is 5. The van der Waals surface area contributed by atoms with Gasteiger partial charge in [0.15, 0.2) is 5.82 Å². The van der Waals surface area contributed by atoms with Crippen LogP contribution in [0.1, 0.15) is 44.2 Å². The van der Waals surface area contributed by atoms with E-state index in [2.05, 4.69) is 27.5 Å². The summed E-state index contributed by atoms with van der Waals surface area (Å²) in [6, 6.07) is 18.2. The number of hydrogen-bond donors (Lipinski definition) is 1. The van der Waals surface area contributed by atoms with Crippen molar-refractivity contribution in [3.63, 3.8) is 0 Å². The third kappa shape index (κ3) is 5.21. The average molecular weight is 486 g/mol. The van der Waals surface area contributed by atoms with Crippen LogP contribution in [0.5, 0.6) is 0 Å². The highest BCUT2D eigenvalue weighted by Gasteiger charge is 2.23. The molecule has 0 spiro atoms. The first-order valence-corrected chi connectivity index (χ1v) is 13.0. The predicted molar refractivity (Wildman–Crippen MR) is 144 cm³/mol. The predicted octanol–water partition coefficient (Wildman–Crippen LogP) is 5.01. The number of nitrogen functional groups attached to an aromatic ring is 1. The molecule has 36 heavy (non-hydrogen) atoms. The van der Waals surface area contributed by atoms with Gasteiger partial charge in [-0.15, -0.1) is 0 Å². The van der Waals surface area contributed by atoms with E-state index in [1.165, 1.54) is 0 Å². The Labute approximate surface area is 212 Å². The van der Waals surface area contributed by atoms with E-state index in [4.69, 9.17) is 10.5 Å². The molecule has 1 unspecified atom stereocenters. The molecule has 0 bridgehead atoms. The second kappa shape index (κ2) is 11.1. The van der Waals surface area contributed by atoms with E-state index in [-0.39, 0.29) is 11.9 Å². The molecule has 0 aliphatic carbocycles. The van der Waals surface area contributed by atoms with Gasteiger partial charge >= 0.3 is 0 Å². The summed E-state index contributed by atoms with van der Waals surface area (Å²) in [5, 5.41) is 1.06. The summed E-state index contributed by atoms with van der Waals surface area (Å²) < 4.78 is 8.38. The molecule has 1 aliphatic rings. The number of pyridine rings is 1. The molecule has 4 aromatic rings. The van der Waals surface area contributed by atoms with Gasteiger partial charge in [-0.1, -0.05) is 55.5 Å². The molecule has 1 amide bonds. The zero-order valence-electron chi connectivity index (χ0n) is 21.0. The molecular weight excluding hydrogens is 450 g/mol. The van der Waals surface area contributed by atoms with Crippen molar-refractivity contribution in [2.24, 2.45) is 5.92 Å². The second-order valence-electron chi connectivity index (χ2n) is 9.78. The number of anilines is 1. The maximum atomic E-state index is 12.6. The van der Waals surface area contributed by atoms with Gasteiger partial charge in [0.05, 0.1) is 36.4 Å². The van der Waals surface area contributed by atoms with E-state index in [0.29, 0.717) is 24.8 Å². The highest BCUT2D eigenvalue weighted by Crippen LogP contribution is 2.30. The lowest BCUT2D eigenvalue weighted by atomic mass is 9.93. The number of benzene rings is 2. The number of carbonyl (C=O) groups excluding carboxylic acids is 1. The minimum atomic E-state index is 0.178. The van der Waals surface area contributed by atoms with Gasteiger partial charge in [0.2, 0.25) is 5.91 Å². The molecule has 2 aromatic heterocycles. The summed E-state index contributed by atoms with van der Waals surface area (Å²) in [4.78, 5) is 23.7. The van der Waals surface area contributed by atoms with Crippen LogP contribution in [0.25, 0.3) is 21.9 Å². The summed E-state index contributed by atoms with van der Waals surface area (Å²) in [7, 11) is 0. The number of likely N-dealkylation sites (tertiary alicyclic amines) is 1. The van der Waals surface area contributed by atoms with Gasteiger partial charge in [-0.05, 0) is 43.2 Å². The molecule has 188 valence electrons. The molecule has 1 saturated heterocycles. The minimum Gasteiger partial charge on any atom is -0.382 e. The lowest BCUT2D eigenvalue weighted by Crippen LogP contribution is -2.39. The highest BCUT2D eigenvalue weighted by atomic mass is 16.5. The summed E-state index contributed by atoms with van der Waals surface area (Å²) in [6.07, 6.45) is 6.42.